The van der Waals surface area contributed by atoms with E-state index in [2.05, 4.69) is 4.98 Å². The van der Waals surface area contributed by atoms with Crippen LogP contribution in [0.3, 0.4) is 0 Å². The molecule has 0 aliphatic rings. The monoisotopic (exact) mass is 312 g/mol. The van der Waals surface area contributed by atoms with Crippen LogP contribution in [0.1, 0.15) is 27.7 Å². The first-order valence-electron chi connectivity index (χ1n) is 7.64. The van der Waals surface area contributed by atoms with Gasteiger partial charge in [-0.1, -0.05) is 63.3 Å². The van der Waals surface area contributed by atoms with Gasteiger partial charge in [-0.2, -0.15) is 0 Å². The van der Waals surface area contributed by atoms with E-state index in [1.54, 1.807) is 15.7 Å². The molecule has 0 atom stereocenters. The van der Waals surface area contributed by atoms with Gasteiger partial charge in [0.25, 0.3) is 5.56 Å². The Kier molecular flexibility index (Phi) is 5.28. The molecule has 2 aromatic heterocycles. The minimum Gasteiger partial charge on any atom is -0.268 e. The van der Waals surface area contributed by atoms with Crippen LogP contribution in [0.5, 0.6) is 0 Å². The van der Waals surface area contributed by atoms with E-state index in [0.717, 1.165) is 26.1 Å². The van der Waals surface area contributed by atoms with E-state index in [1.807, 2.05) is 76.2 Å². The maximum absolute atomic E-state index is 12.5. The van der Waals surface area contributed by atoms with Crippen LogP contribution in [0.15, 0.2) is 53.3 Å². The second kappa shape index (κ2) is 7.18. The molecule has 2 heterocycles. The molecule has 0 aliphatic carbocycles. The van der Waals surface area contributed by atoms with Gasteiger partial charge < -0.3 is 0 Å². The van der Waals surface area contributed by atoms with Crippen molar-refractivity contribution in [2.24, 2.45) is 0 Å². The number of hydrogen-bond acceptors (Lipinski definition) is 3. The molecular formula is C18H20N2OS. The standard InChI is InChI=1S/C14H8N2OS.2C2H6/c17-13-9-5-1-4-8-12(9)18-14-15-10-6-2-3-7-11(10)16(13)14;2*1-2/h1-8H;2*1-2H3. The van der Waals surface area contributed by atoms with Gasteiger partial charge in [0.1, 0.15) is 0 Å². The zero-order valence-electron chi connectivity index (χ0n) is 13.3. The average molecular weight is 312 g/mol. The van der Waals surface area contributed by atoms with Gasteiger partial charge in [0, 0.05) is 4.70 Å². The third-order valence-electron chi connectivity index (χ3n) is 3.05. The van der Waals surface area contributed by atoms with Crippen LogP contribution in [-0.4, -0.2) is 9.38 Å². The summed E-state index contributed by atoms with van der Waals surface area (Å²) in [5.74, 6) is 0. The first-order chi connectivity index (χ1) is 10.8. The highest BCUT2D eigenvalue weighted by Gasteiger charge is 2.10. The minimum atomic E-state index is 0.00745. The number of rotatable bonds is 0. The highest BCUT2D eigenvalue weighted by molar-refractivity contribution is 7.23. The van der Waals surface area contributed by atoms with Gasteiger partial charge in [-0.25, -0.2) is 9.38 Å². The maximum atomic E-state index is 12.5. The normalized spacial score (nSPS) is 10.0. The number of hydrogen-bond donors (Lipinski definition) is 0. The fourth-order valence-electron chi connectivity index (χ4n) is 2.22. The zero-order valence-corrected chi connectivity index (χ0v) is 14.1. The van der Waals surface area contributed by atoms with E-state index in [4.69, 9.17) is 0 Å². The fourth-order valence-corrected chi connectivity index (χ4v) is 3.24. The Hall–Kier alpha value is -2.20. The van der Waals surface area contributed by atoms with Crippen LogP contribution in [0.4, 0.5) is 0 Å². The van der Waals surface area contributed by atoms with E-state index in [9.17, 15) is 4.79 Å². The summed E-state index contributed by atoms with van der Waals surface area (Å²) in [6.45, 7) is 8.00. The minimum absolute atomic E-state index is 0.00745. The predicted octanol–water partition coefficient (Wildman–Crippen LogP) is 5.11. The Balaban J connectivity index is 0.000000410. The van der Waals surface area contributed by atoms with Crippen LogP contribution >= 0.6 is 11.3 Å². The summed E-state index contributed by atoms with van der Waals surface area (Å²) in [6, 6.07) is 15.4. The van der Waals surface area contributed by atoms with E-state index in [-0.39, 0.29) is 5.56 Å². The summed E-state index contributed by atoms with van der Waals surface area (Å²) >= 11 is 1.54. The Morgan fingerprint density at radius 1 is 0.909 bits per heavy atom. The highest BCUT2D eigenvalue weighted by Crippen LogP contribution is 2.23. The van der Waals surface area contributed by atoms with Gasteiger partial charge in [-0.05, 0) is 24.3 Å². The molecule has 0 radical (unpaired) electrons. The lowest BCUT2D eigenvalue weighted by atomic mass is 10.3. The summed E-state index contributed by atoms with van der Waals surface area (Å²) in [6.07, 6.45) is 0. The molecule has 0 saturated heterocycles. The van der Waals surface area contributed by atoms with Crippen LogP contribution < -0.4 is 5.56 Å². The van der Waals surface area contributed by atoms with Crippen LogP contribution in [-0.2, 0) is 0 Å². The summed E-state index contributed by atoms with van der Waals surface area (Å²) in [5, 5.41) is 0.748. The molecule has 0 unspecified atom stereocenters. The molecule has 4 heteroatoms. The molecule has 114 valence electrons. The van der Waals surface area contributed by atoms with Crippen molar-refractivity contribution in [3.63, 3.8) is 0 Å². The lowest BCUT2D eigenvalue weighted by Crippen LogP contribution is -2.11. The Morgan fingerprint density at radius 2 is 1.55 bits per heavy atom. The molecule has 0 N–H and O–H groups in total. The number of imidazole rings is 1. The van der Waals surface area contributed by atoms with Crippen LogP contribution in [0.25, 0.3) is 26.1 Å². The second-order valence-corrected chi connectivity index (χ2v) is 5.13. The molecule has 3 nitrogen and oxygen atoms in total. The molecule has 0 fully saturated rings. The molecule has 22 heavy (non-hydrogen) atoms. The van der Waals surface area contributed by atoms with E-state index in [1.165, 1.54) is 0 Å². The number of nitrogens with zero attached hydrogens (tertiary/aromatic N) is 2. The molecule has 0 aliphatic heterocycles. The van der Waals surface area contributed by atoms with Crippen molar-refractivity contribution in [1.82, 2.24) is 9.38 Å². The smallest absolute Gasteiger partial charge is 0.266 e. The van der Waals surface area contributed by atoms with E-state index < -0.39 is 0 Å². The summed E-state index contributed by atoms with van der Waals surface area (Å²) in [7, 11) is 0. The van der Waals surface area contributed by atoms with Gasteiger partial charge in [0.05, 0.1) is 16.4 Å². The van der Waals surface area contributed by atoms with Gasteiger partial charge in [0.2, 0.25) is 0 Å². The van der Waals surface area contributed by atoms with E-state index in [0.29, 0.717) is 0 Å². The highest BCUT2D eigenvalue weighted by atomic mass is 32.1. The zero-order chi connectivity index (χ0) is 16.1. The van der Waals surface area contributed by atoms with E-state index >= 15 is 0 Å². The predicted molar refractivity (Wildman–Crippen MR) is 97.0 cm³/mol. The largest absolute Gasteiger partial charge is 0.268 e. The van der Waals surface area contributed by atoms with Gasteiger partial charge in [-0.3, -0.25) is 4.79 Å². The van der Waals surface area contributed by atoms with Crippen LogP contribution in [0.2, 0.25) is 0 Å². The SMILES string of the molecule is CC.CC.O=c1c2ccccc2sc2nc3ccccc3n12. The Bertz CT molecular complexity index is 953. The van der Waals surface area contributed by atoms with Crippen molar-refractivity contribution in [2.75, 3.05) is 0 Å². The lowest BCUT2D eigenvalue weighted by molar-refractivity contribution is 1.20. The molecule has 0 amide bonds. The summed E-state index contributed by atoms with van der Waals surface area (Å²) in [5.41, 5.74) is 1.74. The number of benzene rings is 2. The molecule has 4 aromatic rings. The summed E-state index contributed by atoms with van der Waals surface area (Å²) < 4.78 is 2.67. The lowest BCUT2D eigenvalue weighted by Gasteiger charge is -1.97. The Morgan fingerprint density at radius 3 is 2.32 bits per heavy atom. The van der Waals surface area contributed by atoms with Gasteiger partial charge in [0.15, 0.2) is 4.96 Å². The fraction of sp³-hybridized carbons (Fsp3) is 0.222. The Labute approximate surface area is 133 Å². The van der Waals surface area contributed by atoms with Crippen LogP contribution in [0, 0.1) is 0 Å². The number of para-hydroxylation sites is 2. The first-order valence-corrected chi connectivity index (χ1v) is 8.45. The average Bonchev–Trinajstić information content (AvgIpc) is 2.97. The molecule has 0 spiro atoms. The van der Waals surface area contributed by atoms with Crippen molar-refractivity contribution in [3.05, 3.63) is 58.9 Å². The molecule has 2 aromatic carbocycles. The van der Waals surface area contributed by atoms with Gasteiger partial charge >= 0.3 is 0 Å². The molecule has 0 bridgehead atoms. The van der Waals surface area contributed by atoms with Crippen molar-refractivity contribution in [2.45, 2.75) is 27.7 Å². The molecule has 0 saturated carbocycles. The number of aromatic nitrogens is 2. The van der Waals surface area contributed by atoms with Crippen molar-refractivity contribution < 1.29 is 0 Å². The van der Waals surface area contributed by atoms with Crippen molar-refractivity contribution in [1.29, 1.82) is 0 Å². The quantitative estimate of drug-likeness (QED) is 0.452. The number of fused-ring (bicyclic) bond motifs is 4. The summed E-state index contributed by atoms with van der Waals surface area (Å²) in [4.78, 5) is 17.8. The molecular weight excluding hydrogens is 292 g/mol. The third kappa shape index (κ3) is 2.62. The van der Waals surface area contributed by atoms with Gasteiger partial charge in [-0.15, -0.1) is 0 Å². The van der Waals surface area contributed by atoms with Crippen molar-refractivity contribution >= 4 is 37.4 Å². The molecule has 4 rings (SSSR count). The maximum Gasteiger partial charge on any atom is 0.266 e. The third-order valence-corrected chi connectivity index (χ3v) is 4.08. The van der Waals surface area contributed by atoms with Crippen molar-refractivity contribution in [3.8, 4) is 0 Å². The first kappa shape index (κ1) is 16.2. The topological polar surface area (TPSA) is 34.4 Å². The second-order valence-electron chi connectivity index (χ2n) is 4.12.